The maximum atomic E-state index is 13.5. The van der Waals surface area contributed by atoms with Gasteiger partial charge in [-0.2, -0.15) is 0 Å². The van der Waals surface area contributed by atoms with Crippen LogP contribution < -0.4 is 0 Å². The molecule has 4 N–H and O–H groups in total. The van der Waals surface area contributed by atoms with Crippen molar-refractivity contribution in [3.8, 4) is 0 Å². The van der Waals surface area contributed by atoms with Gasteiger partial charge in [0.15, 0.2) is 11.9 Å². The third kappa shape index (κ3) is 1.86. The van der Waals surface area contributed by atoms with Crippen LogP contribution in [0.5, 0.6) is 0 Å². The molecular weight excluding hydrogens is 481 g/mol. The zero-order valence-electron chi connectivity index (χ0n) is 21.8. The summed E-state index contributed by atoms with van der Waals surface area (Å²) < 4.78 is 26.2. The van der Waals surface area contributed by atoms with Crippen molar-refractivity contribution in [3.05, 3.63) is 24.0 Å². The molecule has 0 aromatic carbocycles. The van der Waals surface area contributed by atoms with E-state index < -0.39 is 69.7 Å². The molecule has 10 nitrogen and oxygen atoms in total. The van der Waals surface area contributed by atoms with Crippen LogP contribution in [0.3, 0.4) is 0 Å². The predicted octanol–water partition coefficient (Wildman–Crippen LogP) is 1.34. The van der Waals surface area contributed by atoms with Crippen molar-refractivity contribution in [3.63, 3.8) is 0 Å². The summed E-state index contributed by atoms with van der Waals surface area (Å²) in [6.07, 6.45) is 0.851. The fourth-order valence-electron chi connectivity index (χ4n) is 10.3. The van der Waals surface area contributed by atoms with Crippen LogP contribution in [0.15, 0.2) is 18.3 Å². The molecule has 4 heterocycles. The Kier molecular flexibility index (Phi) is 4.17. The molecule has 4 aliphatic carbocycles. The van der Waals surface area contributed by atoms with Gasteiger partial charge in [0.1, 0.15) is 33.9 Å². The van der Waals surface area contributed by atoms with Crippen molar-refractivity contribution < 1.29 is 43.7 Å². The summed E-state index contributed by atoms with van der Waals surface area (Å²) in [5, 5.41) is 38.4. The lowest BCUT2D eigenvalue weighted by Gasteiger charge is -2.65. The summed E-state index contributed by atoms with van der Waals surface area (Å²) in [6.45, 7) is 8.84. The maximum absolute atomic E-state index is 13.5. The molecule has 11 heteroatoms. The predicted molar refractivity (Wildman–Crippen MR) is 127 cm³/mol. The van der Waals surface area contributed by atoms with Crippen LogP contribution in [-0.2, 0) is 23.6 Å². The lowest BCUT2D eigenvalue weighted by Crippen LogP contribution is -2.77. The average molecular weight is 515 g/mol. The number of hydrogen-bond donors (Lipinski definition) is 4. The monoisotopic (exact) mass is 515 g/mol. The van der Waals surface area contributed by atoms with E-state index in [-0.39, 0.29) is 37.2 Å². The summed E-state index contributed by atoms with van der Waals surface area (Å²) in [5.41, 5.74) is -11.6. The number of nitrogens with one attached hydrogen (secondary N) is 1. The topological polar surface area (TPSA) is 148 Å². The first-order chi connectivity index (χ1) is 17.2. The number of H-pyrrole nitrogens is 1. The molecule has 1 aromatic rings. The van der Waals surface area contributed by atoms with E-state index in [2.05, 4.69) is 4.98 Å². The summed E-state index contributed by atoms with van der Waals surface area (Å²) in [6, 6.07) is 3.23. The second-order valence-corrected chi connectivity index (χ2v) is 12.8. The Morgan fingerprint density at radius 1 is 1.24 bits per heavy atom. The lowest BCUT2D eigenvalue weighted by molar-refractivity contribution is -0.379. The van der Waals surface area contributed by atoms with E-state index in [0.717, 1.165) is 0 Å². The number of carbonyl (C=O) groups excluding carboxylic acids is 2. The molecule has 7 aliphatic rings. The van der Waals surface area contributed by atoms with Crippen molar-refractivity contribution in [1.82, 2.24) is 4.98 Å². The molecule has 4 saturated carbocycles. The Hall–Kier alpha value is -1.76. The van der Waals surface area contributed by atoms with Crippen LogP contribution in [-0.4, -0.2) is 79.1 Å². The molecule has 3 aliphatic heterocycles. The highest BCUT2D eigenvalue weighted by Crippen LogP contribution is 2.92. The number of aliphatic hydroxyl groups is 3. The highest BCUT2D eigenvalue weighted by Gasteiger charge is 3.11. The number of aromatic nitrogens is 1. The van der Waals surface area contributed by atoms with Crippen molar-refractivity contribution in [2.75, 3.05) is 0 Å². The van der Waals surface area contributed by atoms with E-state index in [1.807, 2.05) is 13.8 Å². The van der Waals surface area contributed by atoms with Crippen molar-refractivity contribution in [2.45, 2.75) is 107 Å². The number of aromatic amines is 1. The molecular formula is C26H34BNO9. The van der Waals surface area contributed by atoms with Gasteiger partial charge >= 0.3 is 13.1 Å². The number of esters is 1. The van der Waals surface area contributed by atoms with E-state index in [4.69, 9.17) is 18.8 Å². The number of hydrogen-bond acceptors (Lipinski definition) is 9. The van der Waals surface area contributed by atoms with Crippen LogP contribution in [0, 0.1) is 16.7 Å². The van der Waals surface area contributed by atoms with E-state index in [0.29, 0.717) is 6.32 Å². The molecule has 9 atom stereocenters. The normalized spacial score (nSPS) is 54.8. The molecule has 7 bridgehead atoms. The average Bonchev–Trinajstić information content (AvgIpc) is 3.43. The first-order valence-corrected chi connectivity index (χ1v) is 13.3. The molecule has 0 amide bonds. The minimum atomic E-state index is -2.13. The standard InChI is InChI=1S/C26H34BNO9/c1-6-27-36-21-10-9-15(29)12-22(21)26(33)20(5)23(31,35-22)13-19(21,4)25(26,37-27)18(24(20,32)14(2)3)34-17(30)16-8-7-11-28-16/h7-8,11,14,18,28,31-33H,6,9-10,12-13H2,1-5H3/t18-,19+,20-,21+,22-,23+,24-,25-,26+/m1/s1. The minimum Gasteiger partial charge on any atom is -0.451 e. The zero-order valence-corrected chi connectivity index (χ0v) is 21.8. The van der Waals surface area contributed by atoms with E-state index in [1.54, 1.807) is 39.1 Å². The van der Waals surface area contributed by atoms with E-state index in [9.17, 15) is 24.9 Å². The molecule has 37 heavy (non-hydrogen) atoms. The molecule has 8 rings (SSSR count). The molecule has 0 unspecified atom stereocenters. The third-order valence-corrected chi connectivity index (χ3v) is 11.6. The smallest absolute Gasteiger partial charge is 0.451 e. The van der Waals surface area contributed by atoms with Gasteiger partial charge in [0.05, 0.1) is 11.0 Å². The molecule has 3 saturated heterocycles. The van der Waals surface area contributed by atoms with Gasteiger partial charge in [-0.05, 0) is 37.7 Å². The SMILES string of the molecule is CCB1O[C@]23CCC(=O)C[C@@]24O[C@@]2(O)C[C@]3(C)[C@]3(O1)[C@H](OC(=O)c1ccc[nH]1)[C@](O)(C(C)C)[C@]2(C)[C@]43O. The molecule has 200 valence electrons. The number of carbonyl (C=O) groups is 2. The first kappa shape index (κ1) is 24.3. The minimum absolute atomic E-state index is 0.0310. The van der Waals surface area contributed by atoms with Crippen LogP contribution >= 0.6 is 0 Å². The Balaban J connectivity index is 1.58. The zero-order chi connectivity index (χ0) is 26.7. The third-order valence-electron chi connectivity index (χ3n) is 11.6. The van der Waals surface area contributed by atoms with E-state index >= 15 is 0 Å². The van der Waals surface area contributed by atoms with Gasteiger partial charge in [0.25, 0.3) is 0 Å². The number of ether oxygens (including phenoxy) is 2. The summed E-state index contributed by atoms with van der Waals surface area (Å²) in [7, 11) is -0.812. The van der Waals surface area contributed by atoms with Crippen LogP contribution in [0.4, 0.5) is 0 Å². The number of rotatable bonds is 4. The van der Waals surface area contributed by atoms with Crippen LogP contribution in [0.2, 0.25) is 6.32 Å². The number of Topliss-reactive ketones (excluding diaryl/α,β-unsaturated/α-hetero) is 1. The summed E-state index contributed by atoms with van der Waals surface area (Å²) in [4.78, 5) is 29.4. The quantitative estimate of drug-likeness (QED) is 0.345. The van der Waals surface area contributed by atoms with Gasteiger partial charge in [0, 0.05) is 30.9 Å². The largest absolute Gasteiger partial charge is 0.457 e. The Morgan fingerprint density at radius 2 is 1.97 bits per heavy atom. The van der Waals surface area contributed by atoms with Crippen molar-refractivity contribution in [2.24, 2.45) is 16.7 Å². The van der Waals surface area contributed by atoms with Crippen LogP contribution in [0.1, 0.15) is 70.8 Å². The highest BCUT2D eigenvalue weighted by atomic mass is 16.7. The molecule has 1 aromatic heterocycles. The van der Waals surface area contributed by atoms with E-state index in [1.165, 1.54) is 0 Å². The Labute approximate surface area is 215 Å². The number of ketones is 1. The molecule has 7 fully saturated rings. The fraction of sp³-hybridized carbons (Fsp3) is 0.769. The molecule has 3 spiro atoms. The van der Waals surface area contributed by atoms with Gasteiger partial charge in [-0.3, -0.25) is 4.79 Å². The second kappa shape index (κ2) is 6.34. The van der Waals surface area contributed by atoms with Crippen molar-refractivity contribution in [1.29, 1.82) is 0 Å². The van der Waals surface area contributed by atoms with Crippen molar-refractivity contribution >= 4 is 18.9 Å². The summed E-state index contributed by atoms with van der Waals surface area (Å²) >= 11 is 0. The van der Waals surface area contributed by atoms with Gasteiger partial charge in [-0.25, -0.2) is 4.79 Å². The Morgan fingerprint density at radius 3 is 2.59 bits per heavy atom. The van der Waals surface area contributed by atoms with Gasteiger partial charge in [-0.1, -0.05) is 27.7 Å². The lowest BCUT2D eigenvalue weighted by atomic mass is 9.51. The highest BCUT2D eigenvalue weighted by molar-refractivity contribution is 6.45. The van der Waals surface area contributed by atoms with Gasteiger partial charge in [-0.15, -0.1) is 0 Å². The Bertz CT molecular complexity index is 1240. The first-order valence-electron chi connectivity index (χ1n) is 13.3. The fourth-order valence-corrected chi connectivity index (χ4v) is 10.3. The maximum Gasteiger partial charge on any atom is 0.457 e. The summed E-state index contributed by atoms with van der Waals surface area (Å²) in [5.74, 6) is -3.51. The van der Waals surface area contributed by atoms with Gasteiger partial charge in [0.2, 0.25) is 0 Å². The van der Waals surface area contributed by atoms with Gasteiger partial charge < -0.3 is 39.1 Å². The molecule has 0 radical (unpaired) electrons. The van der Waals surface area contributed by atoms with Crippen LogP contribution in [0.25, 0.3) is 0 Å². The second-order valence-electron chi connectivity index (χ2n) is 12.8.